The van der Waals surface area contributed by atoms with Gasteiger partial charge >= 0.3 is 12.1 Å². The van der Waals surface area contributed by atoms with Crippen LogP contribution in [0, 0.1) is 23.4 Å². The molecule has 2 N–H and O–H groups in total. The highest BCUT2D eigenvalue weighted by atomic mass is 19.2. The third-order valence-electron chi connectivity index (χ3n) is 5.23. The van der Waals surface area contributed by atoms with Crippen LogP contribution in [0.15, 0.2) is 36.4 Å². The van der Waals surface area contributed by atoms with Gasteiger partial charge in [-0.1, -0.05) is 37.3 Å². The Morgan fingerprint density at radius 1 is 1.13 bits per heavy atom. The lowest BCUT2D eigenvalue weighted by molar-refractivity contribution is -0.140. The zero-order valence-electron chi connectivity index (χ0n) is 16.6. The van der Waals surface area contributed by atoms with Crippen LogP contribution in [0.1, 0.15) is 47.7 Å². The van der Waals surface area contributed by atoms with Crippen molar-refractivity contribution in [1.82, 2.24) is 5.32 Å². The molecular weight excluding hydrogens is 415 g/mol. The molecule has 164 valence electrons. The molecule has 0 aliphatic heterocycles. The van der Waals surface area contributed by atoms with E-state index >= 15 is 0 Å². The average molecular weight is 435 g/mol. The number of hydrogen-bond donors (Lipinski definition) is 2. The number of alkyl carbamates (subject to hydrolysis) is 1. The van der Waals surface area contributed by atoms with Gasteiger partial charge in [0.05, 0.1) is 16.7 Å². The lowest BCUT2D eigenvalue weighted by atomic mass is 9.92. The highest BCUT2D eigenvalue weighted by Crippen LogP contribution is 2.48. The number of benzene rings is 2. The van der Waals surface area contributed by atoms with Crippen LogP contribution >= 0.6 is 0 Å². The van der Waals surface area contributed by atoms with Crippen molar-refractivity contribution < 1.29 is 37.4 Å². The van der Waals surface area contributed by atoms with Crippen molar-refractivity contribution in [2.75, 3.05) is 0 Å². The van der Waals surface area contributed by atoms with Crippen molar-refractivity contribution in [3.05, 3.63) is 70.5 Å². The fraction of sp³-hybridized carbons (Fsp3) is 0.318. The summed E-state index contributed by atoms with van der Waals surface area (Å²) < 4.78 is 49.2. The van der Waals surface area contributed by atoms with Gasteiger partial charge in [0.2, 0.25) is 0 Å². The second-order valence-electron chi connectivity index (χ2n) is 7.34. The molecule has 1 saturated carbocycles. The predicted octanol–water partition coefficient (Wildman–Crippen LogP) is 4.31. The Bertz CT molecular complexity index is 1020. The first-order valence-electron chi connectivity index (χ1n) is 9.64. The van der Waals surface area contributed by atoms with Crippen LogP contribution in [0.25, 0.3) is 0 Å². The van der Waals surface area contributed by atoms with Gasteiger partial charge in [-0.2, -0.15) is 0 Å². The maximum atomic E-state index is 14.8. The molecule has 0 bridgehead atoms. The van der Waals surface area contributed by atoms with Gasteiger partial charge in [-0.25, -0.2) is 18.0 Å². The molecule has 2 aromatic carbocycles. The fourth-order valence-corrected chi connectivity index (χ4v) is 3.39. The minimum atomic E-state index is -1.65. The largest absolute Gasteiger partial charge is 0.481 e. The van der Waals surface area contributed by atoms with Crippen LogP contribution in [0.2, 0.25) is 0 Å². The molecule has 1 aliphatic rings. The number of ketones is 1. The van der Waals surface area contributed by atoms with E-state index < -0.39 is 57.9 Å². The molecular formula is C22H20F3NO5. The number of carbonyl (C=O) groups is 3. The van der Waals surface area contributed by atoms with Crippen molar-refractivity contribution in [2.24, 2.45) is 5.92 Å². The number of halogens is 3. The number of carbonyl (C=O) groups excluding carboxylic acids is 2. The highest BCUT2D eigenvalue weighted by Gasteiger charge is 2.51. The molecule has 1 atom stereocenters. The van der Waals surface area contributed by atoms with E-state index in [9.17, 15) is 27.6 Å². The Balaban J connectivity index is 1.82. The molecule has 1 amide bonds. The van der Waals surface area contributed by atoms with Crippen molar-refractivity contribution >= 4 is 17.8 Å². The standard InChI is InChI=1S/C22H20F3NO5/c1-2-13(20(28)29)19(27)14-10-15(23)16(18(25)17(14)24)22(8-9-22)26-21(30)31-11-12-6-4-3-5-7-12/h3-7,10,13H,2,8-9,11H2,1H3,(H,26,30)(H,28,29). The van der Waals surface area contributed by atoms with Crippen molar-refractivity contribution in [1.29, 1.82) is 0 Å². The summed E-state index contributed by atoms with van der Waals surface area (Å²) in [5.41, 5.74) is -2.49. The van der Waals surface area contributed by atoms with E-state index in [4.69, 9.17) is 9.84 Å². The minimum Gasteiger partial charge on any atom is -0.481 e. The van der Waals surface area contributed by atoms with Crippen molar-refractivity contribution in [3.63, 3.8) is 0 Å². The second-order valence-corrected chi connectivity index (χ2v) is 7.34. The number of ether oxygens (including phenoxy) is 1. The first-order chi connectivity index (χ1) is 14.7. The van der Waals surface area contributed by atoms with Crippen LogP contribution < -0.4 is 5.32 Å². The third-order valence-corrected chi connectivity index (χ3v) is 5.23. The van der Waals surface area contributed by atoms with Crippen LogP contribution in [0.4, 0.5) is 18.0 Å². The Kier molecular flexibility index (Phi) is 6.33. The minimum absolute atomic E-state index is 0.0664. The quantitative estimate of drug-likeness (QED) is 0.366. The molecule has 3 rings (SSSR count). The second kappa shape index (κ2) is 8.79. The SMILES string of the molecule is CCC(C(=O)O)C(=O)c1cc(F)c(C2(NC(=O)OCc3ccccc3)CC2)c(F)c1F. The molecule has 0 radical (unpaired) electrons. The van der Waals surface area contributed by atoms with E-state index in [1.54, 1.807) is 30.3 Å². The molecule has 9 heteroatoms. The maximum absolute atomic E-state index is 14.8. The summed E-state index contributed by atoms with van der Waals surface area (Å²) in [6.45, 7) is 1.32. The summed E-state index contributed by atoms with van der Waals surface area (Å²) in [6.07, 6.45) is -0.823. The lowest BCUT2D eigenvalue weighted by Crippen LogP contribution is -2.37. The van der Waals surface area contributed by atoms with Gasteiger partial charge in [-0.15, -0.1) is 0 Å². The number of Topliss-reactive ketones (excluding diaryl/α,β-unsaturated/α-hetero) is 1. The van der Waals surface area contributed by atoms with Gasteiger partial charge in [0, 0.05) is 0 Å². The topological polar surface area (TPSA) is 92.7 Å². The normalized spacial score (nSPS) is 15.1. The van der Waals surface area contributed by atoms with E-state index in [0.29, 0.717) is 11.6 Å². The fourth-order valence-electron chi connectivity index (χ4n) is 3.39. The summed E-state index contributed by atoms with van der Waals surface area (Å²) in [5, 5.41) is 11.4. The van der Waals surface area contributed by atoms with Crippen LogP contribution in [-0.4, -0.2) is 23.0 Å². The van der Waals surface area contributed by atoms with Crippen LogP contribution in [0.5, 0.6) is 0 Å². The number of rotatable bonds is 8. The molecule has 1 fully saturated rings. The zero-order chi connectivity index (χ0) is 22.8. The van der Waals surface area contributed by atoms with Gasteiger partial charge in [-0.3, -0.25) is 9.59 Å². The Hall–Kier alpha value is -3.36. The number of amides is 1. The molecule has 0 saturated heterocycles. The molecule has 0 heterocycles. The van der Waals surface area contributed by atoms with Gasteiger partial charge in [0.25, 0.3) is 0 Å². The molecule has 0 spiro atoms. The van der Waals surface area contributed by atoms with Crippen LogP contribution in [0.3, 0.4) is 0 Å². The molecule has 1 unspecified atom stereocenters. The summed E-state index contributed by atoms with van der Waals surface area (Å²) in [6, 6.07) is 9.23. The van der Waals surface area contributed by atoms with Crippen molar-refractivity contribution in [3.8, 4) is 0 Å². The van der Waals surface area contributed by atoms with E-state index in [1.165, 1.54) is 6.92 Å². The summed E-state index contributed by atoms with van der Waals surface area (Å²) in [5.74, 6) is -8.89. The first-order valence-corrected chi connectivity index (χ1v) is 9.64. The van der Waals surface area contributed by atoms with E-state index in [2.05, 4.69) is 5.32 Å². The number of aliphatic carboxylic acids is 1. The van der Waals surface area contributed by atoms with Gasteiger partial charge < -0.3 is 15.2 Å². The molecule has 6 nitrogen and oxygen atoms in total. The van der Waals surface area contributed by atoms with Crippen LogP contribution in [-0.2, 0) is 21.7 Å². The third kappa shape index (κ3) is 4.55. The summed E-state index contributed by atoms with van der Waals surface area (Å²) >= 11 is 0. The molecule has 1 aliphatic carbocycles. The average Bonchev–Trinajstić information content (AvgIpc) is 3.50. The number of hydrogen-bond acceptors (Lipinski definition) is 4. The van der Waals surface area contributed by atoms with E-state index in [0.717, 1.165) is 0 Å². The molecule has 2 aromatic rings. The maximum Gasteiger partial charge on any atom is 0.408 e. The zero-order valence-corrected chi connectivity index (χ0v) is 16.6. The van der Waals surface area contributed by atoms with Gasteiger partial charge in [0.1, 0.15) is 18.3 Å². The Labute approximate surface area is 176 Å². The summed E-state index contributed by atoms with van der Waals surface area (Å²) in [4.78, 5) is 35.6. The lowest BCUT2D eigenvalue weighted by Gasteiger charge is -2.20. The van der Waals surface area contributed by atoms with Crippen molar-refractivity contribution in [2.45, 2.75) is 38.3 Å². The molecule has 0 aromatic heterocycles. The number of nitrogens with one attached hydrogen (secondary N) is 1. The van der Waals surface area contributed by atoms with Gasteiger partial charge in [-0.05, 0) is 30.9 Å². The van der Waals surface area contributed by atoms with E-state index in [-0.39, 0.29) is 25.9 Å². The monoisotopic (exact) mass is 435 g/mol. The predicted molar refractivity (Wildman–Crippen MR) is 103 cm³/mol. The Morgan fingerprint density at radius 3 is 2.32 bits per heavy atom. The first kappa shape index (κ1) is 22.3. The number of carboxylic acid groups (broad SMARTS) is 1. The molecule has 31 heavy (non-hydrogen) atoms. The number of carboxylic acids is 1. The smallest absolute Gasteiger partial charge is 0.408 e. The highest BCUT2D eigenvalue weighted by molar-refractivity contribution is 6.08. The van der Waals surface area contributed by atoms with Gasteiger partial charge in [0.15, 0.2) is 17.4 Å². The van der Waals surface area contributed by atoms with E-state index in [1.807, 2.05) is 0 Å². The summed E-state index contributed by atoms with van der Waals surface area (Å²) in [7, 11) is 0. The Morgan fingerprint density at radius 2 is 1.77 bits per heavy atom.